The molecule has 0 unspecified atom stereocenters. The lowest BCUT2D eigenvalue weighted by Crippen LogP contribution is -2.50. The minimum absolute atomic E-state index is 0.0922. The maximum atomic E-state index is 13.1. The van der Waals surface area contributed by atoms with Crippen LogP contribution in [0.15, 0.2) is 72.8 Å². The SMILES string of the molecule is CCCCCC(=O)N(C/C=C/c1ccccc1OC)CCN1CCN(C(=O)c2ccc3ccccc3c2)CC1. The monoisotopic (exact) mass is 527 g/mol. The number of para-hydroxylation sites is 1. The summed E-state index contributed by atoms with van der Waals surface area (Å²) in [5, 5.41) is 2.23. The van der Waals surface area contributed by atoms with E-state index >= 15 is 0 Å². The van der Waals surface area contributed by atoms with Crippen molar-refractivity contribution in [1.82, 2.24) is 14.7 Å². The Bertz CT molecular complexity index is 1260. The summed E-state index contributed by atoms with van der Waals surface area (Å²) in [6.45, 7) is 7.24. The van der Waals surface area contributed by atoms with E-state index in [2.05, 4.69) is 24.0 Å². The molecule has 1 aliphatic heterocycles. The van der Waals surface area contributed by atoms with Crippen LogP contribution in [0.2, 0.25) is 0 Å². The first-order valence-electron chi connectivity index (χ1n) is 14.2. The number of methoxy groups -OCH3 is 1. The number of carbonyl (C=O) groups is 2. The Balaban J connectivity index is 1.30. The predicted molar refractivity (Wildman–Crippen MR) is 159 cm³/mol. The first-order valence-corrected chi connectivity index (χ1v) is 14.2. The summed E-state index contributed by atoms with van der Waals surface area (Å²) < 4.78 is 5.45. The Labute approximate surface area is 232 Å². The van der Waals surface area contributed by atoms with Gasteiger partial charge in [-0.05, 0) is 35.4 Å². The largest absolute Gasteiger partial charge is 0.496 e. The van der Waals surface area contributed by atoms with Gasteiger partial charge in [0.2, 0.25) is 5.91 Å². The van der Waals surface area contributed by atoms with Crippen LogP contribution in [0.3, 0.4) is 0 Å². The van der Waals surface area contributed by atoms with Crippen molar-refractivity contribution in [2.75, 3.05) is 52.9 Å². The van der Waals surface area contributed by atoms with Crippen molar-refractivity contribution in [2.45, 2.75) is 32.6 Å². The second kappa shape index (κ2) is 14.5. The Kier molecular flexibility index (Phi) is 10.5. The first kappa shape index (κ1) is 28.4. The third-order valence-corrected chi connectivity index (χ3v) is 7.45. The van der Waals surface area contributed by atoms with Crippen molar-refractivity contribution in [3.63, 3.8) is 0 Å². The van der Waals surface area contributed by atoms with Gasteiger partial charge in [-0.2, -0.15) is 0 Å². The van der Waals surface area contributed by atoms with Crippen molar-refractivity contribution >= 4 is 28.7 Å². The van der Waals surface area contributed by atoms with E-state index in [0.717, 1.165) is 66.5 Å². The molecular weight excluding hydrogens is 486 g/mol. The Morgan fingerprint density at radius 1 is 0.923 bits per heavy atom. The highest BCUT2D eigenvalue weighted by atomic mass is 16.5. The van der Waals surface area contributed by atoms with Crippen LogP contribution >= 0.6 is 0 Å². The van der Waals surface area contributed by atoms with Gasteiger partial charge in [-0.3, -0.25) is 14.5 Å². The molecule has 0 N–H and O–H groups in total. The van der Waals surface area contributed by atoms with E-state index < -0.39 is 0 Å². The van der Waals surface area contributed by atoms with Crippen LogP contribution in [0.4, 0.5) is 0 Å². The molecule has 4 rings (SSSR count). The summed E-state index contributed by atoms with van der Waals surface area (Å²) in [6.07, 6.45) is 7.77. The maximum Gasteiger partial charge on any atom is 0.253 e. The van der Waals surface area contributed by atoms with Crippen LogP contribution in [-0.4, -0.2) is 79.4 Å². The predicted octanol–water partition coefficient (Wildman–Crippen LogP) is 5.73. The number of amides is 2. The summed E-state index contributed by atoms with van der Waals surface area (Å²) in [5.41, 5.74) is 1.75. The van der Waals surface area contributed by atoms with Gasteiger partial charge in [-0.25, -0.2) is 0 Å². The molecule has 2 amide bonds. The van der Waals surface area contributed by atoms with Gasteiger partial charge >= 0.3 is 0 Å². The summed E-state index contributed by atoms with van der Waals surface area (Å²) in [4.78, 5) is 32.5. The molecule has 0 atom stereocenters. The molecule has 3 aromatic carbocycles. The lowest BCUT2D eigenvalue weighted by Gasteiger charge is -2.36. The zero-order valence-corrected chi connectivity index (χ0v) is 23.4. The molecule has 3 aromatic rings. The number of benzene rings is 3. The fourth-order valence-corrected chi connectivity index (χ4v) is 5.05. The number of hydrogen-bond donors (Lipinski definition) is 0. The third-order valence-electron chi connectivity index (χ3n) is 7.45. The number of hydrogen-bond acceptors (Lipinski definition) is 4. The second-order valence-corrected chi connectivity index (χ2v) is 10.1. The van der Waals surface area contributed by atoms with Crippen molar-refractivity contribution in [1.29, 1.82) is 0 Å². The van der Waals surface area contributed by atoms with E-state index in [9.17, 15) is 9.59 Å². The number of fused-ring (bicyclic) bond motifs is 1. The normalized spacial score (nSPS) is 14.2. The quantitative estimate of drug-likeness (QED) is 0.282. The van der Waals surface area contributed by atoms with Crippen LogP contribution in [0.5, 0.6) is 5.75 Å². The van der Waals surface area contributed by atoms with Gasteiger partial charge in [0.1, 0.15) is 5.75 Å². The van der Waals surface area contributed by atoms with Gasteiger partial charge in [0.25, 0.3) is 5.91 Å². The zero-order chi connectivity index (χ0) is 27.5. The molecule has 0 saturated carbocycles. The maximum absolute atomic E-state index is 13.1. The average molecular weight is 528 g/mol. The van der Waals surface area contributed by atoms with Gasteiger partial charge in [-0.1, -0.05) is 80.4 Å². The van der Waals surface area contributed by atoms with Crippen LogP contribution in [0.25, 0.3) is 16.8 Å². The number of carbonyl (C=O) groups excluding carboxylic acids is 2. The van der Waals surface area contributed by atoms with E-state index in [0.29, 0.717) is 32.6 Å². The Hall–Kier alpha value is -3.64. The number of unbranched alkanes of at least 4 members (excludes halogenated alkanes) is 2. The zero-order valence-electron chi connectivity index (χ0n) is 23.4. The molecule has 1 heterocycles. The summed E-state index contributed by atoms with van der Waals surface area (Å²) in [6, 6.07) is 22.0. The van der Waals surface area contributed by atoms with Crippen LogP contribution < -0.4 is 4.74 Å². The summed E-state index contributed by atoms with van der Waals surface area (Å²) in [7, 11) is 1.67. The molecule has 0 bridgehead atoms. The van der Waals surface area contributed by atoms with E-state index in [4.69, 9.17) is 4.74 Å². The Morgan fingerprint density at radius 2 is 1.67 bits per heavy atom. The van der Waals surface area contributed by atoms with Gasteiger partial charge in [0, 0.05) is 63.4 Å². The van der Waals surface area contributed by atoms with Gasteiger partial charge in [0.05, 0.1) is 7.11 Å². The van der Waals surface area contributed by atoms with Gasteiger partial charge < -0.3 is 14.5 Å². The Morgan fingerprint density at radius 3 is 2.44 bits per heavy atom. The van der Waals surface area contributed by atoms with Crippen LogP contribution in [0.1, 0.15) is 48.5 Å². The van der Waals surface area contributed by atoms with Gasteiger partial charge in [-0.15, -0.1) is 0 Å². The van der Waals surface area contributed by atoms with E-state index in [1.807, 2.05) is 76.5 Å². The van der Waals surface area contributed by atoms with Crippen LogP contribution in [-0.2, 0) is 4.79 Å². The summed E-state index contributed by atoms with van der Waals surface area (Å²) in [5.74, 6) is 1.12. The number of piperazine rings is 1. The number of ether oxygens (including phenoxy) is 1. The minimum atomic E-state index is 0.0922. The molecule has 0 spiro atoms. The molecule has 0 radical (unpaired) electrons. The molecule has 206 valence electrons. The minimum Gasteiger partial charge on any atom is -0.496 e. The van der Waals surface area contributed by atoms with E-state index in [1.54, 1.807) is 7.11 Å². The highest BCUT2D eigenvalue weighted by Gasteiger charge is 2.23. The molecule has 39 heavy (non-hydrogen) atoms. The number of nitrogens with zero attached hydrogens (tertiary/aromatic N) is 3. The van der Waals surface area contributed by atoms with Crippen LogP contribution in [0, 0.1) is 0 Å². The smallest absolute Gasteiger partial charge is 0.253 e. The van der Waals surface area contributed by atoms with Gasteiger partial charge in [0.15, 0.2) is 0 Å². The molecule has 0 aromatic heterocycles. The van der Waals surface area contributed by atoms with Crippen molar-refractivity contribution in [2.24, 2.45) is 0 Å². The average Bonchev–Trinajstić information content (AvgIpc) is 2.98. The topological polar surface area (TPSA) is 53.1 Å². The molecule has 6 heteroatoms. The van der Waals surface area contributed by atoms with E-state index in [-0.39, 0.29) is 11.8 Å². The fraction of sp³-hybridized carbons (Fsp3) is 0.394. The molecule has 1 saturated heterocycles. The highest BCUT2D eigenvalue weighted by molar-refractivity contribution is 5.98. The standard InChI is InChI=1S/C33H41N3O3/c1-3-4-5-16-32(37)35(19-10-14-28-12-8-9-15-31(28)39-2)23-20-34-21-24-36(25-22-34)33(38)30-18-17-27-11-6-7-13-29(27)26-30/h6-15,17-18,26H,3-5,16,19-25H2,1-2H3/b14-10+. The lowest BCUT2D eigenvalue weighted by molar-refractivity contribution is -0.131. The molecule has 1 fully saturated rings. The highest BCUT2D eigenvalue weighted by Crippen LogP contribution is 2.19. The molecule has 6 nitrogen and oxygen atoms in total. The van der Waals surface area contributed by atoms with Crippen molar-refractivity contribution in [3.8, 4) is 5.75 Å². The second-order valence-electron chi connectivity index (χ2n) is 10.1. The lowest BCUT2D eigenvalue weighted by atomic mass is 10.1. The summed E-state index contributed by atoms with van der Waals surface area (Å²) >= 11 is 0. The third kappa shape index (κ3) is 7.93. The fourth-order valence-electron chi connectivity index (χ4n) is 5.05. The van der Waals surface area contributed by atoms with E-state index in [1.165, 1.54) is 0 Å². The first-order chi connectivity index (χ1) is 19.1. The number of rotatable bonds is 12. The van der Waals surface area contributed by atoms with Crippen molar-refractivity contribution in [3.05, 3.63) is 83.9 Å². The van der Waals surface area contributed by atoms with Crippen molar-refractivity contribution < 1.29 is 14.3 Å². The molecular formula is C33H41N3O3. The molecule has 0 aliphatic carbocycles. The molecule has 1 aliphatic rings.